The van der Waals surface area contributed by atoms with Crippen molar-refractivity contribution in [3.8, 4) is 5.75 Å². The van der Waals surface area contributed by atoms with E-state index in [1.54, 1.807) is 11.3 Å². The maximum atomic E-state index is 13.6. The Morgan fingerprint density at radius 1 is 1.35 bits per heavy atom. The summed E-state index contributed by atoms with van der Waals surface area (Å²) in [6, 6.07) is 6.82. The summed E-state index contributed by atoms with van der Waals surface area (Å²) in [6.07, 6.45) is 1.06. The van der Waals surface area contributed by atoms with E-state index in [1.165, 1.54) is 12.1 Å². The molecule has 0 aliphatic rings. The van der Waals surface area contributed by atoms with Crippen LogP contribution in [0.1, 0.15) is 23.8 Å². The lowest BCUT2D eigenvalue weighted by atomic mass is 10.2. The van der Waals surface area contributed by atoms with Crippen LogP contribution < -0.4 is 10.1 Å². The maximum absolute atomic E-state index is 13.6. The van der Waals surface area contributed by atoms with E-state index >= 15 is 0 Å². The highest BCUT2D eigenvalue weighted by molar-refractivity contribution is 9.10. The van der Waals surface area contributed by atoms with Gasteiger partial charge in [0.2, 0.25) is 0 Å². The van der Waals surface area contributed by atoms with E-state index in [0.29, 0.717) is 18.9 Å². The molecular formula is C15H17BrFNOS. The second-order valence-electron chi connectivity index (χ2n) is 4.45. The van der Waals surface area contributed by atoms with Gasteiger partial charge in [0, 0.05) is 17.1 Å². The Labute approximate surface area is 131 Å². The van der Waals surface area contributed by atoms with Crippen molar-refractivity contribution in [3.05, 3.63) is 50.4 Å². The van der Waals surface area contributed by atoms with Crippen molar-refractivity contribution >= 4 is 27.3 Å². The van der Waals surface area contributed by atoms with Crippen molar-refractivity contribution < 1.29 is 9.13 Å². The molecule has 1 aromatic heterocycles. The zero-order valence-electron chi connectivity index (χ0n) is 11.3. The van der Waals surface area contributed by atoms with Crippen LogP contribution in [0.3, 0.4) is 0 Å². The van der Waals surface area contributed by atoms with Crippen LogP contribution in [0, 0.1) is 5.82 Å². The monoisotopic (exact) mass is 357 g/mol. The van der Waals surface area contributed by atoms with Gasteiger partial charge in [0.05, 0.1) is 4.88 Å². The van der Waals surface area contributed by atoms with Crippen molar-refractivity contribution in [2.75, 3.05) is 6.54 Å². The number of ether oxygens (including phenoxy) is 1. The number of nitrogens with one attached hydrogen (secondary N) is 1. The topological polar surface area (TPSA) is 21.3 Å². The first-order valence-electron chi connectivity index (χ1n) is 6.54. The summed E-state index contributed by atoms with van der Waals surface area (Å²) in [6.45, 7) is 4.13. The molecule has 1 heterocycles. The van der Waals surface area contributed by atoms with Gasteiger partial charge in [-0.1, -0.05) is 6.92 Å². The zero-order valence-corrected chi connectivity index (χ0v) is 13.7. The van der Waals surface area contributed by atoms with E-state index in [1.807, 2.05) is 17.5 Å². The van der Waals surface area contributed by atoms with Crippen LogP contribution in [0.5, 0.6) is 5.75 Å². The van der Waals surface area contributed by atoms with E-state index in [0.717, 1.165) is 27.9 Å². The number of rotatable bonds is 7. The van der Waals surface area contributed by atoms with Gasteiger partial charge >= 0.3 is 0 Å². The molecule has 2 aromatic rings. The summed E-state index contributed by atoms with van der Waals surface area (Å²) in [5.41, 5.74) is 0.902. The molecule has 0 atom stereocenters. The third-order valence-electron chi connectivity index (χ3n) is 2.75. The molecule has 0 bridgehead atoms. The van der Waals surface area contributed by atoms with Crippen LogP contribution in [0.15, 0.2) is 34.1 Å². The van der Waals surface area contributed by atoms with Crippen LogP contribution in [0.2, 0.25) is 0 Å². The predicted octanol–water partition coefficient (Wildman–Crippen LogP) is 4.73. The second-order valence-corrected chi connectivity index (χ2v) is 6.31. The molecule has 0 spiro atoms. The Kier molecular flexibility index (Phi) is 6.01. The van der Waals surface area contributed by atoms with Crippen molar-refractivity contribution in [1.29, 1.82) is 0 Å². The van der Waals surface area contributed by atoms with Gasteiger partial charge < -0.3 is 10.1 Å². The molecule has 0 aliphatic heterocycles. The summed E-state index contributed by atoms with van der Waals surface area (Å²) in [4.78, 5) is 1.10. The molecule has 0 radical (unpaired) electrons. The highest BCUT2D eigenvalue weighted by Crippen LogP contribution is 2.25. The van der Waals surface area contributed by atoms with Gasteiger partial charge in [-0.3, -0.25) is 0 Å². The Morgan fingerprint density at radius 3 is 2.90 bits per heavy atom. The number of benzene rings is 1. The molecule has 2 rings (SSSR count). The van der Waals surface area contributed by atoms with Crippen LogP contribution in [0.4, 0.5) is 4.39 Å². The summed E-state index contributed by atoms with van der Waals surface area (Å²) in [5, 5.41) is 5.25. The van der Waals surface area contributed by atoms with Crippen LogP contribution in [-0.4, -0.2) is 6.54 Å². The lowest BCUT2D eigenvalue weighted by Gasteiger charge is -2.09. The zero-order chi connectivity index (χ0) is 14.4. The van der Waals surface area contributed by atoms with Crippen molar-refractivity contribution in [3.63, 3.8) is 0 Å². The minimum atomic E-state index is -0.263. The summed E-state index contributed by atoms with van der Waals surface area (Å²) in [5.74, 6) is 0.305. The largest absolute Gasteiger partial charge is 0.488 e. The molecule has 0 amide bonds. The van der Waals surface area contributed by atoms with Crippen LogP contribution in [0.25, 0.3) is 0 Å². The first kappa shape index (κ1) is 15.5. The summed E-state index contributed by atoms with van der Waals surface area (Å²) >= 11 is 5.07. The lowest BCUT2D eigenvalue weighted by Crippen LogP contribution is -2.14. The van der Waals surface area contributed by atoms with Crippen molar-refractivity contribution in [1.82, 2.24) is 5.32 Å². The predicted molar refractivity (Wildman–Crippen MR) is 84.7 cm³/mol. The van der Waals surface area contributed by atoms with Crippen molar-refractivity contribution in [2.45, 2.75) is 26.5 Å². The fraction of sp³-hybridized carbons (Fsp3) is 0.333. The molecule has 1 N–H and O–H groups in total. The second kappa shape index (κ2) is 7.76. The number of hydrogen-bond donors (Lipinski definition) is 1. The lowest BCUT2D eigenvalue weighted by molar-refractivity contribution is 0.307. The maximum Gasteiger partial charge on any atom is 0.127 e. The normalized spacial score (nSPS) is 10.8. The van der Waals surface area contributed by atoms with E-state index in [9.17, 15) is 4.39 Å². The quantitative estimate of drug-likeness (QED) is 0.723. The van der Waals surface area contributed by atoms with Gasteiger partial charge in [-0.15, -0.1) is 11.3 Å². The summed E-state index contributed by atoms with van der Waals surface area (Å²) < 4.78 is 20.3. The molecule has 20 heavy (non-hydrogen) atoms. The highest BCUT2D eigenvalue weighted by Gasteiger charge is 2.05. The molecule has 2 nitrogen and oxygen atoms in total. The molecule has 0 saturated carbocycles. The van der Waals surface area contributed by atoms with E-state index < -0.39 is 0 Å². The SMILES string of the molecule is CCCNCc1cc(F)cc(OCc2sccc2Br)c1. The van der Waals surface area contributed by atoms with E-state index in [4.69, 9.17) is 4.74 Å². The van der Waals surface area contributed by atoms with Gasteiger partial charge in [0.25, 0.3) is 0 Å². The van der Waals surface area contributed by atoms with Gasteiger partial charge in [-0.25, -0.2) is 4.39 Å². The van der Waals surface area contributed by atoms with Gasteiger partial charge in [-0.05, 0) is 58.0 Å². The van der Waals surface area contributed by atoms with Gasteiger partial charge in [0.1, 0.15) is 18.2 Å². The van der Waals surface area contributed by atoms with Crippen molar-refractivity contribution in [2.24, 2.45) is 0 Å². The van der Waals surface area contributed by atoms with Crippen LogP contribution in [-0.2, 0) is 13.2 Å². The molecule has 5 heteroatoms. The minimum Gasteiger partial charge on any atom is -0.488 e. The fourth-order valence-corrected chi connectivity index (χ4v) is 3.17. The third-order valence-corrected chi connectivity index (χ3v) is 4.65. The van der Waals surface area contributed by atoms with Gasteiger partial charge in [0.15, 0.2) is 0 Å². The Balaban J connectivity index is 1.98. The molecular weight excluding hydrogens is 341 g/mol. The molecule has 1 aromatic carbocycles. The number of thiophene rings is 1. The molecule has 0 unspecified atom stereocenters. The smallest absolute Gasteiger partial charge is 0.127 e. The molecule has 0 saturated heterocycles. The Hall–Kier alpha value is -0.910. The van der Waals surface area contributed by atoms with E-state index in [2.05, 4.69) is 28.2 Å². The Morgan fingerprint density at radius 2 is 2.20 bits per heavy atom. The average molecular weight is 358 g/mol. The third kappa shape index (κ3) is 4.58. The first-order chi connectivity index (χ1) is 9.69. The molecule has 108 valence electrons. The fourth-order valence-electron chi connectivity index (χ4n) is 1.79. The highest BCUT2D eigenvalue weighted by atomic mass is 79.9. The molecule has 0 aliphatic carbocycles. The minimum absolute atomic E-state index is 0.263. The summed E-state index contributed by atoms with van der Waals surface area (Å²) in [7, 11) is 0. The standard InChI is InChI=1S/C15H17BrFNOS/c1-2-4-18-9-11-6-12(17)8-13(7-11)19-10-15-14(16)3-5-20-15/h3,5-8,18H,2,4,9-10H2,1H3. The Bertz CT molecular complexity index is 559. The average Bonchev–Trinajstić information content (AvgIpc) is 2.82. The van der Waals surface area contributed by atoms with Gasteiger partial charge in [-0.2, -0.15) is 0 Å². The number of hydrogen-bond acceptors (Lipinski definition) is 3. The van der Waals surface area contributed by atoms with Crippen LogP contribution >= 0.6 is 27.3 Å². The van der Waals surface area contributed by atoms with E-state index in [-0.39, 0.29) is 5.82 Å². The first-order valence-corrected chi connectivity index (χ1v) is 8.21. The molecule has 0 fully saturated rings. The number of halogens is 2.